The summed E-state index contributed by atoms with van der Waals surface area (Å²) in [6, 6.07) is 1.23. The molecule has 144 valence electrons. The first kappa shape index (κ1) is 23.3. The molecular weight excluding hydrogens is 348 g/mol. The monoisotopic (exact) mass is 373 g/mol. The number of halogens is 1. The van der Waals surface area contributed by atoms with Crippen molar-refractivity contribution >= 4 is 17.7 Å². The van der Waals surface area contributed by atoms with Crippen LogP contribution in [0.2, 0.25) is 0 Å². The van der Waals surface area contributed by atoms with Crippen molar-refractivity contribution in [2.24, 2.45) is 0 Å². The Morgan fingerprint density at radius 1 is 1.33 bits per heavy atom. The number of hydrogen-bond acceptors (Lipinski definition) is 6. The van der Waals surface area contributed by atoms with Gasteiger partial charge in [0.2, 0.25) is 0 Å². The van der Waals surface area contributed by atoms with Gasteiger partial charge < -0.3 is 24.4 Å². The number of hydrogen-bond donors (Lipinski definition) is 0. The number of rotatable bonds is 3. The molecule has 0 aliphatic carbocycles. The molecule has 7 nitrogen and oxygen atoms in total. The van der Waals surface area contributed by atoms with Gasteiger partial charge in [0, 0.05) is 32.2 Å². The summed E-state index contributed by atoms with van der Waals surface area (Å²) in [5.74, 6) is -2.56. The Hall–Kier alpha value is -1.78. The molecule has 0 radical (unpaired) electrons. The molecule has 1 atom stereocenters. The number of pyridine rings is 1. The Bertz CT molecular complexity index is 681. The second kappa shape index (κ2) is 9.42. The van der Waals surface area contributed by atoms with Crippen molar-refractivity contribution < 1.29 is 42.7 Å². The van der Waals surface area contributed by atoms with Crippen molar-refractivity contribution in [1.82, 2.24) is 9.88 Å². The van der Waals surface area contributed by atoms with E-state index >= 15 is 0 Å². The van der Waals surface area contributed by atoms with Gasteiger partial charge in [-0.25, -0.2) is 14.2 Å². The van der Waals surface area contributed by atoms with Gasteiger partial charge in [-0.1, -0.05) is 0 Å². The second-order valence-corrected chi connectivity index (χ2v) is 7.47. The van der Waals surface area contributed by atoms with Crippen LogP contribution in [0.1, 0.15) is 50.5 Å². The average Bonchev–Trinajstić information content (AvgIpc) is 2.78. The van der Waals surface area contributed by atoms with Gasteiger partial charge >= 0.3 is 25.0 Å². The van der Waals surface area contributed by atoms with Gasteiger partial charge in [0.25, 0.3) is 0 Å². The topological polar surface area (TPSA) is 85.8 Å². The van der Waals surface area contributed by atoms with Crippen molar-refractivity contribution in [2.45, 2.75) is 51.7 Å². The van der Waals surface area contributed by atoms with E-state index in [-0.39, 0.29) is 31.0 Å². The van der Waals surface area contributed by atoms with E-state index in [1.165, 1.54) is 6.20 Å². The fourth-order valence-electron chi connectivity index (χ4n) is 2.96. The van der Waals surface area contributed by atoms with Crippen LogP contribution in [-0.2, 0) is 4.74 Å². The number of aromatic carboxylic acids is 1. The van der Waals surface area contributed by atoms with Gasteiger partial charge in [-0.2, -0.15) is 0 Å². The third kappa shape index (κ3) is 6.40. The molecule has 1 aliphatic rings. The van der Waals surface area contributed by atoms with Crippen LogP contribution in [-0.4, -0.2) is 53.7 Å². The Balaban J connectivity index is 0.00000364. The molecule has 1 amide bonds. The molecule has 2 rings (SSSR count). The average molecular weight is 373 g/mol. The Labute approximate surface area is 171 Å². The fourth-order valence-corrected chi connectivity index (χ4v) is 2.96. The van der Waals surface area contributed by atoms with Crippen LogP contribution in [0.5, 0.6) is 0 Å². The number of ether oxygens (including phenoxy) is 1. The van der Waals surface area contributed by atoms with Gasteiger partial charge in [-0.15, -0.1) is 0 Å². The molecule has 1 aliphatic heterocycles. The summed E-state index contributed by atoms with van der Waals surface area (Å²) in [6.07, 6.45) is 3.30. The predicted octanol–water partition coefficient (Wildman–Crippen LogP) is -1.19. The van der Waals surface area contributed by atoms with Crippen molar-refractivity contribution in [3.05, 3.63) is 23.8 Å². The molecule has 1 saturated heterocycles. The number of carboxylic acids is 1. The zero-order valence-electron chi connectivity index (χ0n) is 16.6. The molecule has 0 bridgehead atoms. The minimum absolute atomic E-state index is 0. The minimum Gasteiger partial charge on any atom is -0.543 e. The number of anilines is 1. The Morgan fingerprint density at radius 2 is 2.00 bits per heavy atom. The summed E-state index contributed by atoms with van der Waals surface area (Å²) in [4.78, 5) is 30.2. The number of carbonyl (C=O) groups is 2. The van der Waals surface area contributed by atoms with Crippen LogP contribution in [0.25, 0.3) is 0 Å². The quantitative estimate of drug-likeness (QED) is 0.620. The molecule has 0 N–H and O–H groups in total. The van der Waals surface area contributed by atoms with Crippen LogP contribution in [0.4, 0.5) is 14.9 Å². The molecule has 1 fully saturated rings. The Morgan fingerprint density at radius 3 is 2.56 bits per heavy atom. The zero-order chi connectivity index (χ0) is 19.5. The molecule has 1 aromatic rings. The third-order valence-corrected chi connectivity index (χ3v) is 4.32. The normalized spacial score (nSPS) is 17.5. The number of amides is 1. The molecule has 2 heterocycles. The fraction of sp³-hybridized carbons (Fsp3) is 0.611. The zero-order valence-corrected chi connectivity index (χ0v) is 16.6. The van der Waals surface area contributed by atoms with E-state index in [4.69, 9.17) is 4.74 Å². The van der Waals surface area contributed by atoms with E-state index in [0.29, 0.717) is 25.2 Å². The number of carboxylic acid groups (broad SMARTS) is 1. The van der Waals surface area contributed by atoms with Crippen molar-refractivity contribution in [1.29, 1.82) is 0 Å². The van der Waals surface area contributed by atoms with Gasteiger partial charge in [0.15, 0.2) is 5.82 Å². The van der Waals surface area contributed by atoms with Gasteiger partial charge in [0.05, 0.1) is 17.9 Å². The molecule has 9 heteroatoms. The van der Waals surface area contributed by atoms with Crippen LogP contribution in [0, 0.1) is 5.82 Å². The van der Waals surface area contributed by atoms with Gasteiger partial charge in [-0.05, 0) is 40.0 Å². The molecule has 0 saturated carbocycles. The number of carbonyl (C=O) groups excluding carboxylic acids is 2. The maximum absolute atomic E-state index is 13.9. The van der Waals surface area contributed by atoms with Gasteiger partial charge in [0.1, 0.15) is 11.3 Å². The second-order valence-electron chi connectivity index (χ2n) is 7.47. The van der Waals surface area contributed by atoms with E-state index < -0.39 is 23.1 Å². The van der Waals surface area contributed by atoms with E-state index in [1.54, 1.807) is 4.90 Å². The summed E-state index contributed by atoms with van der Waals surface area (Å²) in [6.45, 7) is 6.64. The maximum Gasteiger partial charge on any atom is 1.00 e. The van der Waals surface area contributed by atoms with E-state index in [1.807, 2.05) is 32.7 Å². The van der Waals surface area contributed by atoms with Gasteiger partial charge in [-0.3, -0.25) is 0 Å². The third-order valence-electron chi connectivity index (χ3n) is 4.32. The van der Waals surface area contributed by atoms with E-state index in [2.05, 4.69) is 4.98 Å². The van der Waals surface area contributed by atoms with E-state index in [9.17, 15) is 19.1 Å². The van der Waals surface area contributed by atoms with Crippen LogP contribution in [0.3, 0.4) is 0 Å². The first-order chi connectivity index (χ1) is 12.1. The molecule has 1 unspecified atom stereocenters. The summed E-state index contributed by atoms with van der Waals surface area (Å²) in [5, 5.41) is 10.8. The smallest absolute Gasteiger partial charge is 0.543 e. The predicted molar refractivity (Wildman–Crippen MR) is 92.4 cm³/mol. The molecular formula is C18H25FLiN3O4. The van der Waals surface area contributed by atoms with Crippen LogP contribution >= 0.6 is 0 Å². The van der Waals surface area contributed by atoms with Crippen LogP contribution in [0.15, 0.2) is 12.3 Å². The summed E-state index contributed by atoms with van der Waals surface area (Å²) in [5.41, 5.74) is -0.744. The maximum atomic E-state index is 13.9. The first-order valence-corrected chi connectivity index (χ1v) is 8.66. The molecule has 0 spiro atoms. The Kier molecular flexibility index (Phi) is 8.12. The minimum atomic E-state index is -1.64. The first-order valence-electron chi connectivity index (χ1n) is 8.66. The summed E-state index contributed by atoms with van der Waals surface area (Å²) < 4.78 is 19.3. The van der Waals surface area contributed by atoms with Crippen molar-refractivity contribution in [3.63, 3.8) is 0 Å². The van der Waals surface area contributed by atoms with E-state index in [0.717, 1.165) is 18.9 Å². The summed E-state index contributed by atoms with van der Waals surface area (Å²) >= 11 is 0. The SMILES string of the molecule is CN(c1cnc(C(=O)[O-])c(F)c1)C1CCCN(C(=O)OC(C)(C)C)CC1.[Li+]. The van der Waals surface area contributed by atoms with Crippen molar-refractivity contribution in [2.75, 3.05) is 25.0 Å². The standard InChI is InChI=1S/C18H26FN3O4.Li/c1-18(2,3)26-17(25)22-8-5-6-12(7-9-22)21(4)13-10-14(19)15(16(23)24)20-11-13;/h10-12H,5-9H2,1-4H3,(H,23,24);/q;+1/p-1. The molecule has 1 aromatic heterocycles. The number of likely N-dealkylation sites (tertiary alicyclic amines) is 1. The number of aromatic nitrogens is 1. The molecule has 27 heavy (non-hydrogen) atoms. The van der Waals surface area contributed by atoms with Crippen LogP contribution < -0.4 is 28.9 Å². The largest absolute Gasteiger partial charge is 1.00 e. The van der Waals surface area contributed by atoms with Crippen molar-refractivity contribution in [3.8, 4) is 0 Å². The summed E-state index contributed by atoms with van der Waals surface area (Å²) in [7, 11) is 1.81. The number of nitrogens with zero attached hydrogens (tertiary/aromatic N) is 3. The molecule has 0 aromatic carbocycles.